The lowest BCUT2D eigenvalue weighted by atomic mass is 9.98. The second kappa shape index (κ2) is 10.7. The molecule has 0 spiro atoms. The van der Waals surface area contributed by atoms with E-state index in [1.54, 1.807) is 7.11 Å². The normalized spacial score (nSPS) is 23.9. The molecular weight excluding hydrogens is 352 g/mol. The van der Waals surface area contributed by atoms with Crippen LogP contribution < -0.4 is 15.4 Å². The van der Waals surface area contributed by atoms with Crippen LogP contribution in [0.3, 0.4) is 0 Å². The van der Waals surface area contributed by atoms with Crippen LogP contribution in [0.2, 0.25) is 0 Å². The third-order valence-corrected chi connectivity index (χ3v) is 5.81. The SMILES string of the molecule is CCNC(=NCC1CN2CCCC2CO1)NCCC(C)c1ccc(OC)cc1. The van der Waals surface area contributed by atoms with E-state index >= 15 is 0 Å². The summed E-state index contributed by atoms with van der Waals surface area (Å²) >= 11 is 0. The Morgan fingerprint density at radius 3 is 2.89 bits per heavy atom. The lowest BCUT2D eigenvalue weighted by Gasteiger charge is -2.34. The average Bonchev–Trinajstić information content (AvgIpc) is 3.20. The number of fused-ring (bicyclic) bond motifs is 1. The Labute approximate surface area is 169 Å². The standard InChI is InChI=1S/C22H36N4O2/c1-4-23-22(25-14-21-15-26-13-5-6-19(26)16-28-21)24-12-11-17(2)18-7-9-20(27-3)10-8-18/h7-10,17,19,21H,4-6,11-16H2,1-3H3,(H2,23,24,25). The minimum Gasteiger partial charge on any atom is -0.497 e. The Morgan fingerprint density at radius 2 is 2.14 bits per heavy atom. The second-order valence-electron chi connectivity index (χ2n) is 7.86. The summed E-state index contributed by atoms with van der Waals surface area (Å²) in [5.41, 5.74) is 1.33. The fraction of sp³-hybridized carbons (Fsp3) is 0.682. The maximum atomic E-state index is 6.03. The van der Waals surface area contributed by atoms with Crippen LogP contribution >= 0.6 is 0 Å². The largest absolute Gasteiger partial charge is 0.497 e. The zero-order valence-corrected chi connectivity index (χ0v) is 17.6. The first kappa shape index (κ1) is 20.9. The molecule has 2 heterocycles. The summed E-state index contributed by atoms with van der Waals surface area (Å²) < 4.78 is 11.3. The van der Waals surface area contributed by atoms with Gasteiger partial charge in [0.05, 0.1) is 26.4 Å². The Hall–Kier alpha value is -1.79. The van der Waals surface area contributed by atoms with E-state index in [1.165, 1.54) is 24.9 Å². The number of hydrogen-bond acceptors (Lipinski definition) is 4. The Kier molecular flexibility index (Phi) is 7.98. The van der Waals surface area contributed by atoms with Crippen LogP contribution in [0, 0.1) is 0 Å². The van der Waals surface area contributed by atoms with E-state index in [1.807, 2.05) is 12.1 Å². The molecule has 1 aromatic carbocycles. The highest BCUT2D eigenvalue weighted by Gasteiger charge is 2.31. The number of nitrogens with one attached hydrogen (secondary N) is 2. The molecule has 3 rings (SSSR count). The summed E-state index contributed by atoms with van der Waals surface area (Å²) in [7, 11) is 1.70. The third kappa shape index (κ3) is 5.85. The number of benzene rings is 1. The van der Waals surface area contributed by atoms with Crippen molar-refractivity contribution in [3.05, 3.63) is 29.8 Å². The van der Waals surface area contributed by atoms with Crippen LogP contribution in [0.15, 0.2) is 29.3 Å². The molecule has 2 aliphatic rings. The monoisotopic (exact) mass is 388 g/mol. The highest BCUT2D eigenvalue weighted by molar-refractivity contribution is 5.79. The lowest BCUT2D eigenvalue weighted by Crippen LogP contribution is -2.47. The van der Waals surface area contributed by atoms with Crippen molar-refractivity contribution in [1.82, 2.24) is 15.5 Å². The summed E-state index contributed by atoms with van der Waals surface area (Å²) in [4.78, 5) is 7.34. The van der Waals surface area contributed by atoms with Crippen LogP contribution in [0.5, 0.6) is 5.75 Å². The van der Waals surface area contributed by atoms with E-state index in [-0.39, 0.29) is 6.10 Å². The first-order valence-corrected chi connectivity index (χ1v) is 10.7. The topological polar surface area (TPSA) is 58.1 Å². The number of aliphatic imine (C=N–C) groups is 1. The van der Waals surface area contributed by atoms with E-state index in [4.69, 9.17) is 14.5 Å². The van der Waals surface area contributed by atoms with E-state index in [2.05, 4.69) is 41.5 Å². The first-order valence-electron chi connectivity index (χ1n) is 10.7. The van der Waals surface area contributed by atoms with E-state index < -0.39 is 0 Å². The van der Waals surface area contributed by atoms with Gasteiger partial charge in [-0.1, -0.05) is 19.1 Å². The highest BCUT2D eigenvalue weighted by Crippen LogP contribution is 2.23. The molecule has 2 aliphatic heterocycles. The van der Waals surface area contributed by atoms with Gasteiger partial charge in [-0.2, -0.15) is 0 Å². The fourth-order valence-corrected chi connectivity index (χ4v) is 4.04. The Balaban J connectivity index is 1.43. The Bertz CT molecular complexity index is 619. The zero-order chi connectivity index (χ0) is 19.8. The number of nitrogens with zero attached hydrogens (tertiary/aromatic N) is 2. The van der Waals surface area contributed by atoms with Crippen molar-refractivity contribution in [3.8, 4) is 5.75 Å². The number of morpholine rings is 1. The van der Waals surface area contributed by atoms with Crippen LogP contribution in [0.1, 0.15) is 44.6 Å². The van der Waals surface area contributed by atoms with Gasteiger partial charge >= 0.3 is 0 Å². The molecule has 0 saturated carbocycles. The molecule has 3 unspecified atom stereocenters. The van der Waals surface area contributed by atoms with Gasteiger partial charge in [-0.25, -0.2) is 0 Å². The molecule has 156 valence electrons. The van der Waals surface area contributed by atoms with Crippen molar-refractivity contribution in [1.29, 1.82) is 0 Å². The molecule has 0 bridgehead atoms. The predicted molar refractivity (Wildman–Crippen MR) is 114 cm³/mol. The van der Waals surface area contributed by atoms with Gasteiger partial charge in [-0.3, -0.25) is 9.89 Å². The summed E-state index contributed by atoms with van der Waals surface area (Å²) in [6, 6.07) is 9.00. The van der Waals surface area contributed by atoms with Crippen molar-refractivity contribution >= 4 is 5.96 Å². The zero-order valence-electron chi connectivity index (χ0n) is 17.6. The van der Waals surface area contributed by atoms with Crippen molar-refractivity contribution < 1.29 is 9.47 Å². The van der Waals surface area contributed by atoms with Gasteiger partial charge in [0.1, 0.15) is 5.75 Å². The quantitative estimate of drug-likeness (QED) is 0.530. The molecule has 2 N–H and O–H groups in total. The average molecular weight is 389 g/mol. The maximum absolute atomic E-state index is 6.03. The number of hydrogen-bond donors (Lipinski definition) is 2. The van der Waals surface area contributed by atoms with Crippen LogP contribution in [0.25, 0.3) is 0 Å². The van der Waals surface area contributed by atoms with Crippen LogP contribution in [-0.4, -0.2) is 69.4 Å². The molecule has 1 aromatic rings. The highest BCUT2D eigenvalue weighted by atomic mass is 16.5. The molecule has 28 heavy (non-hydrogen) atoms. The van der Waals surface area contributed by atoms with Gasteiger partial charge in [0, 0.05) is 25.7 Å². The molecule has 0 amide bonds. The van der Waals surface area contributed by atoms with Gasteiger partial charge in [0.2, 0.25) is 0 Å². The fourth-order valence-electron chi connectivity index (χ4n) is 4.04. The predicted octanol–water partition coefficient (Wildman–Crippen LogP) is 2.61. The summed E-state index contributed by atoms with van der Waals surface area (Å²) in [6.07, 6.45) is 3.85. The van der Waals surface area contributed by atoms with Gasteiger partial charge < -0.3 is 20.1 Å². The minimum atomic E-state index is 0.211. The maximum Gasteiger partial charge on any atom is 0.191 e. The van der Waals surface area contributed by atoms with Crippen LogP contribution in [0.4, 0.5) is 0 Å². The number of methoxy groups -OCH3 is 1. The first-order chi connectivity index (χ1) is 13.7. The molecule has 0 aliphatic carbocycles. The van der Waals surface area contributed by atoms with Crippen molar-refractivity contribution in [2.45, 2.75) is 51.2 Å². The van der Waals surface area contributed by atoms with Crippen molar-refractivity contribution in [2.75, 3.05) is 46.4 Å². The van der Waals surface area contributed by atoms with E-state index in [0.29, 0.717) is 18.5 Å². The summed E-state index contributed by atoms with van der Waals surface area (Å²) in [5, 5.41) is 6.83. The van der Waals surface area contributed by atoms with Gasteiger partial charge in [0.25, 0.3) is 0 Å². The third-order valence-electron chi connectivity index (χ3n) is 5.81. The van der Waals surface area contributed by atoms with E-state index in [9.17, 15) is 0 Å². The summed E-state index contributed by atoms with van der Waals surface area (Å²) in [6.45, 7) is 9.92. The molecular formula is C22H36N4O2. The van der Waals surface area contributed by atoms with Crippen molar-refractivity contribution in [3.63, 3.8) is 0 Å². The number of ether oxygens (including phenoxy) is 2. The van der Waals surface area contributed by atoms with Crippen molar-refractivity contribution in [2.24, 2.45) is 4.99 Å². The van der Waals surface area contributed by atoms with Crippen LogP contribution in [-0.2, 0) is 4.74 Å². The molecule has 0 radical (unpaired) electrons. The van der Waals surface area contributed by atoms with E-state index in [0.717, 1.165) is 44.4 Å². The molecule has 2 saturated heterocycles. The smallest absolute Gasteiger partial charge is 0.191 e. The molecule has 3 atom stereocenters. The second-order valence-corrected chi connectivity index (χ2v) is 7.86. The molecule has 6 nitrogen and oxygen atoms in total. The molecule has 2 fully saturated rings. The Morgan fingerprint density at radius 1 is 1.32 bits per heavy atom. The molecule has 0 aromatic heterocycles. The number of guanidine groups is 1. The minimum absolute atomic E-state index is 0.211. The molecule has 6 heteroatoms. The summed E-state index contributed by atoms with van der Waals surface area (Å²) in [5.74, 6) is 2.27. The lowest BCUT2D eigenvalue weighted by molar-refractivity contribution is -0.0432. The number of rotatable bonds is 8. The van der Waals surface area contributed by atoms with Gasteiger partial charge in [-0.05, 0) is 56.3 Å². The van der Waals surface area contributed by atoms with Gasteiger partial charge in [-0.15, -0.1) is 0 Å². The van der Waals surface area contributed by atoms with Gasteiger partial charge in [0.15, 0.2) is 5.96 Å².